The number of esters is 1. The number of carbonyl (C=O) groups is 2. The Bertz CT molecular complexity index is 880. The van der Waals surface area contributed by atoms with Crippen LogP contribution in [-0.4, -0.2) is 42.3 Å². The smallest absolute Gasteiger partial charge is 0.411 e. The second-order valence-corrected chi connectivity index (χ2v) is 6.83. The molecule has 2 bridgehead atoms. The average Bonchev–Trinajstić information content (AvgIpc) is 3.15. The van der Waals surface area contributed by atoms with Crippen LogP contribution in [0.3, 0.4) is 0 Å². The summed E-state index contributed by atoms with van der Waals surface area (Å²) in [6.45, 7) is 2.76. The predicted octanol–water partition coefficient (Wildman–Crippen LogP) is 3.42. The maximum Gasteiger partial charge on any atom is 0.411 e. The second-order valence-electron chi connectivity index (χ2n) is 6.83. The largest absolute Gasteiger partial charge is 0.461 e. The van der Waals surface area contributed by atoms with E-state index in [4.69, 9.17) is 10.5 Å². The van der Waals surface area contributed by atoms with E-state index in [0.717, 1.165) is 43.5 Å². The van der Waals surface area contributed by atoms with Crippen molar-refractivity contribution in [2.45, 2.75) is 38.6 Å². The topological polar surface area (TPSA) is 131 Å². The maximum absolute atomic E-state index is 12.5. The number of nitrogens with one attached hydrogen (secondary N) is 3. The molecule has 1 aliphatic rings. The first-order valence-corrected chi connectivity index (χ1v) is 9.79. The summed E-state index contributed by atoms with van der Waals surface area (Å²) in [5, 5.41) is 6.04. The van der Waals surface area contributed by atoms with Gasteiger partial charge in [0.25, 0.3) is 0 Å². The van der Waals surface area contributed by atoms with Gasteiger partial charge in [-0.1, -0.05) is 12.8 Å². The number of rotatable bonds is 3. The lowest BCUT2D eigenvalue weighted by atomic mass is 10.1. The first-order valence-electron chi connectivity index (χ1n) is 9.79. The Kier molecular flexibility index (Phi) is 6.71. The van der Waals surface area contributed by atoms with Crippen molar-refractivity contribution in [1.82, 2.24) is 9.97 Å². The third-order valence-corrected chi connectivity index (χ3v) is 4.77. The van der Waals surface area contributed by atoms with Crippen molar-refractivity contribution in [2.75, 3.05) is 30.9 Å². The Morgan fingerprint density at radius 3 is 2.90 bits per heavy atom. The lowest BCUT2D eigenvalue weighted by molar-refractivity contribution is 0.0521. The number of nitrogens with two attached hydrogens (primary N) is 1. The van der Waals surface area contributed by atoms with Gasteiger partial charge in [0, 0.05) is 23.5 Å². The number of anilines is 2. The summed E-state index contributed by atoms with van der Waals surface area (Å²) in [4.78, 5) is 31.8. The highest BCUT2D eigenvalue weighted by Gasteiger charge is 2.24. The first kappa shape index (κ1) is 20.7. The van der Waals surface area contributed by atoms with Gasteiger partial charge in [-0.05, 0) is 38.0 Å². The Hall–Kier alpha value is -3.07. The molecule has 5 N–H and O–H groups in total. The number of amides is 1. The van der Waals surface area contributed by atoms with E-state index >= 15 is 0 Å². The standard InChI is InChI=1S/C20H27N5O4/c1-3-29-19(26)17-16-13-9-8-12(23-20(27)28-2)11-15(13)22-10-6-4-5-7-14(21)18(24-16)25-17/h8-9,11,14,22H,3-7,10,21H2,1-2H3,(H,23,27)(H,24,25). The highest BCUT2D eigenvalue weighted by atomic mass is 16.5. The summed E-state index contributed by atoms with van der Waals surface area (Å²) in [7, 11) is 1.31. The maximum atomic E-state index is 12.5. The molecule has 2 aromatic rings. The quantitative estimate of drug-likeness (QED) is 0.580. The summed E-state index contributed by atoms with van der Waals surface area (Å²) >= 11 is 0. The van der Waals surface area contributed by atoms with Crippen LogP contribution in [0, 0.1) is 0 Å². The lowest BCUT2D eigenvalue weighted by Gasteiger charge is -2.15. The minimum absolute atomic E-state index is 0.256. The van der Waals surface area contributed by atoms with Crippen LogP contribution in [0.25, 0.3) is 11.3 Å². The van der Waals surface area contributed by atoms with E-state index in [2.05, 4.69) is 25.3 Å². The van der Waals surface area contributed by atoms with Gasteiger partial charge in [0.2, 0.25) is 0 Å². The van der Waals surface area contributed by atoms with Crippen molar-refractivity contribution in [3.8, 4) is 11.3 Å². The van der Waals surface area contributed by atoms with Crippen LogP contribution in [-0.2, 0) is 9.47 Å². The Labute approximate surface area is 169 Å². The molecular formula is C20H27N5O4. The molecule has 3 rings (SSSR count). The molecule has 1 aromatic carbocycles. The number of H-pyrrole nitrogens is 1. The van der Waals surface area contributed by atoms with Gasteiger partial charge in [-0.15, -0.1) is 0 Å². The fraction of sp³-hybridized carbons (Fsp3) is 0.450. The molecule has 1 aliphatic heterocycles. The summed E-state index contributed by atoms with van der Waals surface area (Å²) in [5.41, 5.74) is 9.08. The van der Waals surface area contributed by atoms with Gasteiger partial charge in [0.1, 0.15) is 11.5 Å². The number of nitrogens with zero attached hydrogens (tertiary/aromatic N) is 1. The number of aromatic amines is 1. The number of methoxy groups -OCH3 is 1. The van der Waals surface area contributed by atoms with E-state index in [0.29, 0.717) is 17.2 Å². The van der Waals surface area contributed by atoms with Crippen molar-refractivity contribution >= 4 is 23.4 Å². The summed E-state index contributed by atoms with van der Waals surface area (Å²) in [5.74, 6) is 0.0809. The molecule has 9 nitrogen and oxygen atoms in total. The van der Waals surface area contributed by atoms with Crippen LogP contribution in [0.1, 0.15) is 55.0 Å². The van der Waals surface area contributed by atoms with Crippen molar-refractivity contribution < 1.29 is 19.1 Å². The van der Waals surface area contributed by atoms with Gasteiger partial charge >= 0.3 is 12.1 Å². The Balaban J connectivity index is 2.09. The lowest BCUT2D eigenvalue weighted by Crippen LogP contribution is -2.13. The van der Waals surface area contributed by atoms with Crippen LogP contribution in [0.2, 0.25) is 0 Å². The van der Waals surface area contributed by atoms with Crippen molar-refractivity contribution in [2.24, 2.45) is 5.73 Å². The first-order chi connectivity index (χ1) is 14.0. The minimum atomic E-state index is -0.557. The zero-order chi connectivity index (χ0) is 20.8. The number of benzene rings is 1. The molecule has 0 saturated heterocycles. The molecule has 156 valence electrons. The fourth-order valence-electron chi connectivity index (χ4n) is 3.28. The van der Waals surface area contributed by atoms with E-state index in [1.54, 1.807) is 25.1 Å². The number of hydrogen-bond donors (Lipinski definition) is 4. The summed E-state index contributed by atoms with van der Waals surface area (Å²) in [6, 6.07) is 5.04. The monoisotopic (exact) mass is 401 g/mol. The second kappa shape index (κ2) is 9.42. The minimum Gasteiger partial charge on any atom is -0.461 e. The third kappa shape index (κ3) is 4.86. The molecule has 0 aliphatic carbocycles. The Morgan fingerprint density at radius 1 is 1.31 bits per heavy atom. The fourth-order valence-corrected chi connectivity index (χ4v) is 3.28. The normalized spacial score (nSPS) is 16.4. The molecule has 0 saturated carbocycles. The third-order valence-electron chi connectivity index (χ3n) is 4.77. The molecule has 1 amide bonds. The number of fused-ring (bicyclic) bond motifs is 4. The van der Waals surface area contributed by atoms with E-state index in [9.17, 15) is 9.59 Å². The van der Waals surface area contributed by atoms with Crippen molar-refractivity contribution in [3.63, 3.8) is 0 Å². The van der Waals surface area contributed by atoms with Gasteiger partial charge in [0.15, 0.2) is 5.69 Å². The molecule has 2 heterocycles. The number of aromatic nitrogens is 2. The molecule has 9 heteroatoms. The van der Waals surface area contributed by atoms with Crippen LogP contribution >= 0.6 is 0 Å². The van der Waals surface area contributed by atoms with E-state index in [-0.39, 0.29) is 18.3 Å². The SMILES string of the molecule is CCOC(=O)c1[nH]c2nc1-c1ccc(NC(=O)OC)cc1NCCCCCC2N. The molecule has 29 heavy (non-hydrogen) atoms. The number of carbonyl (C=O) groups excluding carboxylic acids is 2. The highest BCUT2D eigenvalue weighted by Crippen LogP contribution is 2.34. The zero-order valence-electron chi connectivity index (χ0n) is 16.7. The van der Waals surface area contributed by atoms with Crippen LogP contribution in [0.4, 0.5) is 16.2 Å². The van der Waals surface area contributed by atoms with Gasteiger partial charge in [0.05, 0.1) is 19.8 Å². The molecule has 0 fully saturated rings. The molecular weight excluding hydrogens is 374 g/mol. The van der Waals surface area contributed by atoms with Gasteiger partial charge in [-0.3, -0.25) is 5.32 Å². The van der Waals surface area contributed by atoms with Crippen LogP contribution in [0.5, 0.6) is 0 Å². The highest BCUT2D eigenvalue weighted by molar-refractivity contribution is 5.97. The van der Waals surface area contributed by atoms with Gasteiger partial charge < -0.3 is 25.5 Å². The van der Waals surface area contributed by atoms with E-state index in [1.807, 2.05) is 0 Å². The average molecular weight is 401 g/mol. The number of hydrogen-bond acceptors (Lipinski definition) is 7. The molecule has 1 atom stereocenters. The molecule has 0 spiro atoms. The zero-order valence-corrected chi connectivity index (χ0v) is 16.7. The summed E-state index contributed by atoms with van der Waals surface area (Å²) in [6.07, 6.45) is 3.19. The summed E-state index contributed by atoms with van der Waals surface area (Å²) < 4.78 is 9.86. The van der Waals surface area contributed by atoms with Crippen molar-refractivity contribution in [3.05, 3.63) is 29.7 Å². The van der Waals surface area contributed by atoms with Gasteiger partial charge in [-0.25, -0.2) is 14.6 Å². The number of ether oxygens (including phenoxy) is 2. The van der Waals surface area contributed by atoms with Crippen LogP contribution in [0.15, 0.2) is 18.2 Å². The number of imidazole rings is 1. The molecule has 0 radical (unpaired) electrons. The van der Waals surface area contributed by atoms with E-state index in [1.165, 1.54) is 7.11 Å². The van der Waals surface area contributed by atoms with E-state index < -0.39 is 12.1 Å². The van der Waals surface area contributed by atoms with Crippen molar-refractivity contribution in [1.29, 1.82) is 0 Å². The molecule has 1 unspecified atom stereocenters. The van der Waals surface area contributed by atoms with Gasteiger partial charge in [-0.2, -0.15) is 0 Å². The predicted molar refractivity (Wildman–Crippen MR) is 110 cm³/mol. The molecule has 1 aromatic heterocycles. The van der Waals surface area contributed by atoms with Crippen LogP contribution < -0.4 is 16.4 Å². The Morgan fingerprint density at radius 2 is 2.14 bits per heavy atom.